The molecule has 0 saturated heterocycles. The van der Waals surface area contributed by atoms with E-state index in [9.17, 15) is 14.0 Å². The van der Waals surface area contributed by atoms with Crippen molar-refractivity contribution in [1.29, 1.82) is 0 Å². The van der Waals surface area contributed by atoms with Crippen LogP contribution in [-0.2, 0) is 16.1 Å². The molecule has 5 nitrogen and oxygen atoms in total. The summed E-state index contributed by atoms with van der Waals surface area (Å²) in [6, 6.07) is 15.5. The molecule has 7 heteroatoms. The lowest BCUT2D eigenvalue weighted by atomic mass is 10.2. The van der Waals surface area contributed by atoms with E-state index in [1.165, 1.54) is 35.3 Å². The molecular weight excluding hydrogens is 377 g/mol. The van der Waals surface area contributed by atoms with Crippen LogP contribution in [0.15, 0.2) is 66.1 Å². The fourth-order valence-electron chi connectivity index (χ4n) is 2.50. The van der Waals surface area contributed by atoms with Crippen molar-refractivity contribution in [2.75, 3.05) is 4.90 Å². The van der Waals surface area contributed by atoms with E-state index in [1.54, 1.807) is 29.7 Å². The predicted molar refractivity (Wildman–Crippen MR) is 109 cm³/mol. The van der Waals surface area contributed by atoms with Gasteiger partial charge in [0, 0.05) is 30.5 Å². The molecule has 1 heterocycles. The maximum atomic E-state index is 13.6. The number of aromatic nitrogens is 1. The standard InChI is InChI=1S/C21H18FN3O2S/c1-15(26)25(18-8-3-2-4-9-18)21-24-17(14-28-21)11-12-20(27)23-13-16-7-5-6-10-19(16)22/h2-12,14H,13H2,1H3,(H,23,27)/b12-11+. The first-order valence-corrected chi connectivity index (χ1v) is 9.43. The molecular formula is C21H18FN3O2S. The SMILES string of the molecule is CC(=O)N(c1ccccc1)c1nc(/C=C/C(=O)NCc2ccccc2F)cs1. The summed E-state index contributed by atoms with van der Waals surface area (Å²) in [4.78, 5) is 29.9. The number of rotatable bonds is 6. The average molecular weight is 395 g/mol. The highest BCUT2D eigenvalue weighted by molar-refractivity contribution is 7.14. The van der Waals surface area contributed by atoms with Gasteiger partial charge in [-0.05, 0) is 24.3 Å². The summed E-state index contributed by atoms with van der Waals surface area (Å²) in [6.07, 6.45) is 2.89. The zero-order chi connectivity index (χ0) is 19.9. The van der Waals surface area contributed by atoms with E-state index < -0.39 is 0 Å². The third-order valence-electron chi connectivity index (χ3n) is 3.85. The lowest BCUT2D eigenvalue weighted by Gasteiger charge is -2.17. The second-order valence-electron chi connectivity index (χ2n) is 5.89. The Morgan fingerprint density at radius 1 is 1.14 bits per heavy atom. The Bertz CT molecular complexity index is 1000. The smallest absolute Gasteiger partial charge is 0.244 e. The lowest BCUT2D eigenvalue weighted by molar-refractivity contribution is -0.117. The topological polar surface area (TPSA) is 62.3 Å². The van der Waals surface area contributed by atoms with Gasteiger partial charge in [-0.3, -0.25) is 14.5 Å². The molecule has 1 aromatic heterocycles. The van der Waals surface area contributed by atoms with Gasteiger partial charge in [0.15, 0.2) is 5.13 Å². The highest BCUT2D eigenvalue weighted by Gasteiger charge is 2.17. The van der Waals surface area contributed by atoms with Crippen LogP contribution in [0.3, 0.4) is 0 Å². The summed E-state index contributed by atoms with van der Waals surface area (Å²) in [5.41, 5.74) is 1.70. The fourth-order valence-corrected chi connectivity index (χ4v) is 3.36. The fraction of sp³-hybridized carbons (Fsp3) is 0.0952. The van der Waals surface area contributed by atoms with Gasteiger partial charge in [0.25, 0.3) is 0 Å². The molecule has 0 spiro atoms. The molecule has 142 valence electrons. The molecule has 0 atom stereocenters. The molecule has 28 heavy (non-hydrogen) atoms. The van der Waals surface area contributed by atoms with Gasteiger partial charge in [0.05, 0.1) is 11.4 Å². The summed E-state index contributed by atoms with van der Waals surface area (Å²) in [5.74, 6) is -0.871. The molecule has 0 aliphatic carbocycles. The third kappa shape index (κ3) is 4.89. The molecule has 0 fully saturated rings. The van der Waals surface area contributed by atoms with Crippen molar-refractivity contribution >= 4 is 40.0 Å². The predicted octanol–water partition coefficient (Wildman–Crippen LogP) is 4.30. The molecule has 0 saturated carbocycles. The molecule has 2 aromatic carbocycles. The highest BCUT2D eigenvalue weighted by Crippen LogP contribution is 2.28. The van der Waals surface area contributed by atoms with E-state index in [2.05, 4.69) is 10.3 Å². The first-order valence-electron chi connectivity index (χ1n) is 8.55. The van der Waals surface area contributed by atoms with Gasteiger partial charge in [0.2, 0.25) is 11.8 Å². The number of amides is 2. The third-order valence-corrected chi connectivity index (χ3v) is 4.69. The van der Waals surface area contributed by atoms with Gasteiger partial charge in [-0.1, -0.05) is 36.4 Å². The number of carbonyl (C=O) groups is 2. The van der Waals surface area contributed by atoms with Crippen LogP contribution in [0, 0.1) is 5.82 Å². The summed E-state index contributed by atoms with van der Waals surface area (Å²) in [7, 11) is 0. The van der Waals surface area contributed by atoms with Gasteiger partial charge in [-0.2, -0.15) is 0 Å². The molecule has 3 aromatic rings. The number of para-hydroxylation sites is 1. The number of hydrogen-bond donors (Lipinski definition) is 1. The van der Waals surface area contributed by atoms with Crippen LogP contribution in [-0.4, -0.2) is 16.8 Å². The summed E-state index contributed by atoms with van der Waals surface area (Å²) < 4.78 is 13.6. The minimum absolute atomic E-state index is 0.101. The van der Waals surface area contributed by atoms with Crippen molar-refractivity contribution in [3.05, 3.63) is 83.1 Å². The first kappa shape index (κ1) is 19.4. The van der Waals surface area contributed by atoms with Crippen molar-refractivity contribution < 1.29 is 14.0 Å². The second-order valence-corrected chi connectivity index (χ2v) is 6.72. The van der Waals surface area contributed by atoms with Gasteiger partial charge in [-0.15, -0.1) is 11.3 Å². The zero-order valence-electron chi connectivity index (χ0n) is 15.1. The maximum absolute atomic E-state index is 13.6. The van der Waals surface area contributed by atoms with Crippen LogP contribution in [0.2, 0.25) is 0 Å². The molecule has 0 bridgehead atoms. The molecule has 3 rings (SSSR count). The Morgan fingerprint density at radius 2 is 1.86 bits per heavy atom. The van der Waals surface area contributed by atoms with E-state index >= 15 is 0 Å². The average Bonchev–Trinajstić information content (AvgIpc) is 3.15. The van der Waals surface area contributed by atoms with Crippen molar-refractivity contribution in [3.8, 4) is 0 Å². The van der Waals surface area contributed by atoms with Gasteiger partial charge >= 0.3 is 0 Å². The van der Waals surface area contributed by atoms with Crippen LogP contribution in [0.1, 0.15) is 18.2 Å². The number of hydrogen-bond acceptors (Lipinski definition) is 4. The molecule has 0 aliphatic heterocycles. The van der Waals surface area contributed by atoms with Crippen molar-refractivity contribution in [3.63, 3.8) is 0 Å². The first-order chi connectivity index (χ1) is 13.5. The number of thiazole rings is 1. The second kappa shape index (κ2) is 9.05. The monoisotopic (exact) mass is 395 g/mol. The molecule has 0 unspecified atom stereocenters. The molecule has 0 aliphatic rings. The minimum Gasteiger partial charge on any atom is -0.348 e. The Morgan fingerprint density at radius 3 is 2.57 bits per heavy atom. The van der Waals surface area contributed by atoms with Crippen LogP contribution in [0.25, 0.3) is 6.08 Å². The van der Waals surface area contributed by atoms with E-state index in [0.29, 0.717) is 16.4 Å². The number of nitrogens with zero attached hydrogens (tertiary/aromatic N) is 2. The summed E-state index contributed by atoms with van der Waals surface area (Å²) >= 11 is 1.31. The summed E-state index contributed by atoms with van der Waals surface area (Å²) in [5, 5.41) is 4.91. The quantitative estimate of drug-likeness (QED) is 0.633. The van der Waals surface area contributed by atoms with E-state index in [4.69, 9.17) is 0 Å². The van der Waals surface area contributed by atoms with Crippen LogP contribution in [0.5, 0.6) is 0 Å². The van der Waals surface area contributed by atoms with Crippen LogP contribution in [0.4, 0.5) is 15.2 Å². The number of carbonyl (C=O) groups excluding carboxylic acids is 2. The number of nitrogens with one attached hydrogen (secondary N) is 1. The van der Waals surface area contributed by atoms with Crippen LogP contribution >= 0.6 is 11.3 Å². The van der Waals surface area contributed by atoms with Crippen LogP contribution < -0.4 is 10.2 Å². The Balaban J connectivity index is 1.65. The summed E-state index contributed by atoms with van der Waals surface area (Å²) in [6.45, 7) is 1.57. The van der Waals surface area contributed by atoms with Gasteiger partial charge in [0.1, 0.15) is 5.82 Å². The zero-order valence-corrected chi connectivity index (χ0v) is 15.9. The van der Waals surface area contributed by atoms with Crippen molar-refractivity contribution in [2.24, 2.45) is 0 Å². The number of benzene rings is 2. The molecule has 1 N–H and O–H groups in total. The van der Waals surface area contributed by atoms with E-state index in [0.717, 1.165) is 5.69 Å². The number of anilines is 2. The largest absolute Gasteiger partial charge is 0.348 e. The Labute approximate surface area is 166 Å². The highest BCUT2D eigenvalue weighted by atomic mass is 32.1. The van der Waals surface area contributed by atoms with Crippen molar-refractivity contribution in [2.45, 2.75) is 13.5 Å². The Kier molecular flexibility index (Phi) is 6.29. The van der Waals surface area contributed by atoms with E-state index in [1.807, 2.05) is 30.3 Å². The van der Waals surface area contributed by atoms with Crippen molar-refractivity contribution in [1.82, 2.24) is 10.3 Å². The number of halogens is 1. The molecule has 0 radical (unpaired) electrons. The lowest BCUT2D eigenvalue weighted by Crippen LogP contribution is -2.22. The maximum Gasteiger partial charge on any atom is 0.244 e. The normalized spacial score (nSPS) is 10.8. The van der Waals surface area contributed by atoms with E-state index in [-0.39, 0.29) is 24.2 Å². The Hall–Kier alpha value is -3.32. The van der Waals surface area contributed by atoms with Gasteiger partial charge < -0.3 is 5.32 Å². The molecule has 2 amide bonds. The van der Waals surface area contributed by atoms with Gasteiger partial charge in [-0.25, -0.2) is 9.37 Å². The minimum atomic E-state index is -0.360.